The molecule has 0 saturated heterocycles. The highest BCUT2D eigenvalue weighted by molar-refractivity contribution is 5.82. The van der Waals surface area contributed by atoms with Crippen molar-refractivity contribution in [1.82, 2.24) is 34.7 Å². The fourth-order valence-electron chi connectivity index (χ4n) is 5.57. The average molecular weight is 500 g/mol. The molecule has 0 radical (unpaired) electrons. The van der Waals surface area contributed by atoms with Gasteiger partial charge in [0.25, 0.3) is 0 Å². The van der Waals surface area contributed by atoms with E-state index in [1.54, 1.807) is 13.1 Å². The van der Waals surface area contributed by atoms with Crippen molar-refractivity contribution in [3.8, 4) is 22.5 Å². The molecule has 9 heteroatoms. The highest BCUT2D eigenvalue weighted by Crippen LogP contribution is 2.54. The van der Waals surface area contributed by atoms with Crippen LogP contribution in [0.3, 0.4) is 0 Å². The highest BCUT2D eigenvalue weighted by Gasteiger charge is 2.56. The number of Topliss-reactive ketones (excluding diaryl/α,β-unsaturated/α-hetero) is 1. The number of unbranched alkanes of at least 4 members (excludes halogenated alkanes) is 1. The van der Waals surface area contributed by atoms with Gasteiger partial charge in [-0.15, -0.1) is 10.2 Å². The summed E-state index contributed by atoms with van der Waals surface area (Å²) in [4.78, 5) is 30.5. The molecule has 1 aromatic carbocycles. The number of carbonyl (C=O) groups is 1. The molecule has 1 N–H and O–H groups in total. The average Bonchev–Trinajstić information content (AvgIpc) is 3.26. The molecule has 0 spiro atoms. The first-order chi connectivity index (χ1) is 17.9. The second-order valence-corrected chi connectivity index (χ2v) is 10.3. The monoisotopic (exact) mass is 499 g/mol. The first-order valence-corrected chi connectivity index (χ1v) is 13.0. The van der Waals surface area contributed by atoms with E-state index in [9.17, 15) is 9.59 Å². The number of pyridine rings is 1. The summed E-state index contributed by atoms with van der Waals surface area (Å²) >= 11 is 0. The third kappa shape index (κ3) is 4.77. The smallest absolute Gasteiger partial charge is 0.300 e. The number of aryl methyl sites for hydroxylation is 1. The fraction of sp³-hybridized carbons (Fsp3) is 0.429. The molecule has 1 aliphatic carbocycles. The number of aromatic amines is 1. The Kier molecular flexibility index (Phi) is 6.86. The van der Waals surface area contributed by atoms with E-state index in [-0.39, 0.29) is 29.4 Å². The van der Waals surface area contributed by atoms with Crippen LogP contribution in [-0.4, -0.2) is 40.5 Å². The molecule has 0 aliphatic heterocycles. The van der Waals surface area contributed by atoms with Gasteiger partial charge in [-0.05, 0) is 59.6 Å². The standard InChI is InChI=1S/C28H33N7O2/c1-5-6-7-22-16-35(26-24(17(2)3)25(26)18(4)36)28(37)34(22)15-21-14-29-13-12-23(21)19-8-10-20(11-9-19)27-30-32-33-31-27/h8-14,16-17,24-26H,5-7,15H2,1-4H3,(H,30,31,32,33). The maximum Gasteiger partial charge on any atom is 0.328 e. The number of ketones is 1. The Morgan fingerprint density at radius 1 is 1.14 bits per heavy atom. The quantitative estimate of drug-likeness (QED) is 0.348. The van der Waals surface area contributed by atoms with Crippen LogP contribution < -0.4 is 5.69 Å². The van der Waals surface area contributed by atoms with Gasteiger partial charge in [0, 0.05) is 35.8 Å². The van der Waals surface area contributed by atoms with Crippen molar-refractivity contribution in [3.63, 3.8) is 0 Å². The summed E-state index contributed by atoms with van der Waals surface area (Å²) in [5.41, 5.74) is 4.83. The normalized spacial score (nSPS) is 18.9. The molecule has 5 rings (SSSR count). The molecule has 37 heavy (non-hydrogen) atoms. The van der Waals surface area contributed by atoms with E-state index in [2.05, 4.69) is 46.4 Å². The lowest BCUT2D eigenvalue weighted by Crippen LogP contribution is -2.26. The number of aromatic nitrogens is 7. The Hall–Kier alpha value is -3.88. The Morgan fingerprint density at radius 3 is 2.51 bits per heavy atom. The third-order valence-corrected chi connectivity index (χ3v) is 7.50. The van der Waals surface area contributed by atoms with Gasteiger partial charge < -0.3 is 0 Å². The molecule has 0 amide bonds. The molecule has 192 valence electrons. The predicted octanol–water partition coefficient (Wildman–Crippen LogP) is 4.31. The first kappa shape index (κ1) is 24.8. The van der Waals surface area contributed by atoms with Gasteiger partial charge in [-0.3, -0.25) is 18.9 Å². The summed E-state index contributed by atoms with van der Waals surface area (Å²) in [5, 5.41) is 14.2. The number of nitrogens with zero attached hydrogens (tertiary/aromatic N) is 6. The topological polar surface area (TPSA) is 111 Å². The number of hydrogen-bond acceptors (Lipinski definition) is 6. The molecule has 3 aromatic heterocycles. The molecule has 0 bridgehead atoms. The number of H-pyrrole nitrogens is 1. The maximum absolute atomic E-state index is 13.8. The van der Waals surface area contributed by atoms with Gasteiger partial charge in [-0.2, -0.15) is 5.21 Å². The van der Waals surface area contributed by atoms with Crippen molar-refractivity contribution < 1.29 is 4.79 Å². The van der Waals surface area contributed by atoms with Gasteiger partial charge >= 0.3 is 5.69 Å². The molecule has 1 fully saturated rings. The summed E-state index contributed by atoms with van der Waals surface area (Å²) in [6, 6.07) is 9.88. The van der Waals surface area contributed by atoms with Crippen LogP contribution in [0.4, 0.5) is 0 Å². The summed E-state index contributed by atoms with van der Waals surface area (Å²) in [6.45, 7) is 8.48. The molecule has 1 saturated carbocycles. The molecule has 3 atom stereocenters. The van der Waals surface area contributed by atoms with Gasteiger partial charge in [-0.25, -0.2) is 4.79 Å². The summed E-state index contributed by atoms with van der Waals surface area (Å²) in [6.07, 6.45) is 8.46. The zero-order valence-corrected chi connectivity index (χ0v) is 21.8. The van der Waals surface area contributed by atoms with Crippen LogP contribution >= 0.6 is 0 Å². The minimum Gasteiger partial charge on any atom is -0.300 e. The fourth-order valence-corrected chi connectivity index (χ4v) is 5.57. The van der Waals surface area contributed by atoms with Crippen LogP contribution in [0, 0.1) is 17.8 Å². The van der Waals surface area contributed by atoms with Crippen molar-refractivity contribution in [2.24, 2.45) is 17.8 Å². The van der Waals surface area contributed by atoms with Crippen molar-refractivity contribution in [1.29, 1.82) is 0 Å². The van der Waals surface area contributed by atoms with Gasteiger partial charge in [0.15, 0.2) is 0 Å². The van der Waals surface area contributed by atoms with Crippen LogP contribution in [0.5, 0.6) is 0 Å². The van der Waals surface area contributed by atoms with Gasteiger partial charge in [0.1, 0.15) is 5.78 Å². The summed E-state index contributed by atoms with van der Waals surface area (Å²) < 4.78 is 3.70. The number of imidazole rings is 1. The second kappa shape index (κ2) is 10.2. The Balaban J connectivity index is 1.50. The molecule has 9 nitrogen and oxygen atoms in total. The van der Waals surface area contributed by atoms with Crippen LogP contribution in [0.25, 0.3) is 22.5 Å². The predicted molar refractivity (Wildman–Crippen MR) is 141 cm³/mol. The SMILES string of the molecule is CCCCc1cn(C2C(C(C)=O)C2C(C)C)c(=O)n1Cc1cnccc1-c1ccc(-c2nn[nH]n2)cc1. The molecule has 3 heterocycles. The summed E-state index contributed by atoms with van der Waals surface area (Å²) in [5.74, 6) is 1.17. The van der Waals surface area contributed by atoms with Gasteiger partial charge in [0.2, 0.25) is 5.82 Å². The molecule has 4 aromatic rings. The largest absolute Gasteiger partial charge is 0.328 e. The highest BCUT2D eigenvalue weighted by atomic mass is 16.2. The number of carbonyl (C=O) groups excluding carboxylic acids is 1. The lowest BCUT2D eigenvalue weighted by molar-refractivity contribution is -0.118. The molecular formula is C28H33N7O2. The van der Waals surface area contributed by atoms with E-state index in [1.165, 1.54) is 0 Å². The molecular weight excluding hydrogens is 466 g/mol. The van der Waals surface area contributed by atoms with Crippen LogP contribution in [0.2, 0.25) is 0 Å². The summed E-state index contributed by atoms with van der Waals surface area (Å²) in [7, 11) is 0. The van der Waals surface area contributed by atoms with E-state index >= 15 is 0 Å². The van der Waals surface area contributed by atoms with Crippen molar-refractivity contribution in [2.75, 3.05) is 0 Å². The lowest BCUT2D eigenvalue weighted by atomic mass is 10.00. The maximum atomic E-state index is 13.8. The Morgan fingerprint density at radius 2 is 1.89 bits per heavy atom. The van der Waals surface area contributed by atoms with Gasteiger partial charge in [-0.1, -0.05) is 51.5 Å². The van der Waals surface area contributed by atoms with E-state index in [4.69, 9.17) is 0 Å². The number of hydrogen-bond donors (Lipinski definition) is 1. The minimum atomic E-state index is -0.0840. The van der Waals surface area contributed by atoms with Crippen LogP contribution in [-0.2, 0) is 17.8 Å². The number of rotatable bonds is 10. The van der Waals surface area contributed by atoms with Crippen molar-refractivity contribution in [2.45, 2.75) is 59.5 Å². The number of nitrogens with one attached hydrogen (secondary N) is 1. The Bertz CT molecular complexity index is 1430. The minimum absolute atomic E-state index is 0.0484. The van der Waals surface area contributed by atoms with E-state index in [1.807, 2.05) is 51.9 Å². The number of benzene rings is 1. The van der Waals surface area contributed by atoms with E-state index in [0.29, 0.717) is 18.3 Å². The van der Waals surface area contributed by atoms with E-state index in [0.717, 1.165) is 47.2 Å². The van der Waals surface area contributed by atoms with Gasteiger partial charge in [0.05, 0.1) is 12.6 Å². The zero-order valence-electron chi connectivity index (χ0n) is 21.8. The van der Waals surface area contributed by atoms with Crippen LogP contribution in [0.1, 0.15) is 57.8 Å². The zero-order chi connectivity index (χ0) is 26.1. The van der Waals surface area contributed by atoms with Crippen molar-refractivity contribution in [3.05, 3.63) is 70.7 Å². The first-order valence-electron chi connectivity index (χ1n) is 13.0. The lowest BCUT2D eigenvalue weighted by Gasteiger charge is -2.12. The van der Waals surface area contributed by atoms with Crippen LogP contribution in [0.15, 0.2) is 53.7 Å². The molecule has 3 unspecified atom stereocenters. The second-order valence-electron chi connectivity index (χ2n) is 10.3. The Labute approximate surface area is 216 Å². The van der Waals surface area contributed by atoms with E-state index < -0.39 is 0 Å². The number of tetrazole rings is 1. The molecule has 1 aliphatic rings. The van der Waals surface area contributed by atoms with Crippen molar-refractivity contribution >= 4 is 5.78 Å². The third-order valence-electron chi connectivity index (χ3n) is 7.50.